The predicted molar refractivity (Wildman–Crippen MR) is 92.1 cm³/mol. The van der Waals surface area contributed by atoms with Crippen LogP contribution in [0, 0.1) is 0 Å². The molecule has 123 valence electrons. The van der Waals surface area contributed by atoms with Gasteiger partial charge in [0.25, 0.3) is 0 Å². The van der Waals surface area contributed by atoms with Gasteiger partial charge in [0.15, 0.2) is 11.5 Å². The molecule has 0 atom stereocenters. The molecule has 0 N–H and O–H groups in total. The van der Waals surface area contributed by atoms with Crippen LogP contribution in [0.25, 0.3) is 5.57 Å². The van der Waals surface area contributed by atoms with Gasteiger partial charge < -0.3 is 18.3 Å². The lowest BCUT2D eigenvalue weighted by Crippen LogP contribution is -2.39. The summed E-state index contributed by atoms with van der Waals surface area (Å²) in [6.07, 6.45) is 0. The molecule has 0 fully saturated rings. The molecule has 0 saturated heterocycles. The lowest BCUT2D eigenvalue weighted by Gasteiger charge is -2.22. The summed E-state index contributed by atoms with van der Waals surface area (Å²) in [6.45, 7) is 16.3. The molecule has 0 aliphatic heterocycles. The molecule has 1 radical (unpaired) electrons. The Morgan fingerprint density at radius 2 is 1.55 bits per heavy atom. The van der Waals surface area contributed by atoms with E-state index in [9.17, 15) is 0 Å². The summed E-state index contributed by atoms with van der Waals surface area (Å²) in [6, 6.07) is 3.94. The van der Waals surface area contributed by atoms with Crippen LogP contribution in [0.3, 0.4) is 0 Å². The van der Waals surface area contributed by atoms with Crippen molar-refractivity contribution in [3.05, 3.63) is 24.3 Å². The Balaban J connectivity index is 3.42. The molecule has 22 heavy (non-hydrogen) atoms. The standard InChI is InChI=1S/C17H27O4Si/c1-7-18-14-11-12-15(22(20-9-3)21-10-4)16(13(5)6)17(14)19-8-2/h11-12H,5,7-10H2,1-4,6H3. The topological polar surface area (TPSA) is 36.9 Å². The van der Waals surface area contributed by atoms with Gasteiger partial charge in [0, 0.05) is 24.0 Å². The Hall–Kier alpha value is -1.30. The minimum absolute atomic E-state index is 0.565. The summed E-state index contributed by atoms with van der Waals surface area (Å²) in [5.41, 5.74) is 1.87. The van der Waals surface area contributed by atoms with Gasteiger partial charge in [0.05, 0.1) is 13.2 Å². The van der Waals surface area contributed by atoms with Crippen LogP contribution in [0.4, 0.5) is 0 Å². The van der Waals surface area contributed by atoms with Gasteiger partial charge in [-0.05, 0) is 46.3 Å². The van der Waals surface area contributed by atoms with Crippen molar-refractivity contribution in [2.24, 2.45) is 0 Å². The van der Waals surface area contributed by atoms with Gasteiger partial charge >= 0.3 is 9.28 Å². The normalized spacial score (nSPS) is 10.8. The van der Waals surface area contributed by atoms with E-state index in [0.717, 1.165) is 27.8 Å². The summed E-state index contributed by atoms with van der Waals surface area (Å²) < 4.78 is 23.2. The first-order valence-corrected chi connectivity index (χ1v) is 9.13. The summed E-state index contributed by atoms with van der Waals surface area (Å²) in [5, 5.41) is 1.02. The zero-order chi connectivity index (χ0) is 16.5. The number of benzene rings is 1. The maximum Gasteiger partial charge on any atom is 0.424 e. The second-order valence-electron chi connectivity index (χ2n) is 4.62. The monoisotopic (exact) mass is 323 g/mol. The van der Waals surface area contributed by atoms with Crippen LogP contribution in [0.1, 0.15) is 40.2 Å². The average Bonchev–Trinajstić information content (AvgIpc) is 2.48. The van der Waals surface area contributed by atoms with Crippen molar-refractivity contribution < 1.29 is 18.3 Å². The van der Waals surface area contributed by atoms with E-state index < -0.39 is 9.28 Å². The minimum atomic E-state index is -1.57. The largest absolute Gasteiger partial charge is 0.490 e. The van der Waals surface area contributed by atoms with Gasteiger partial charge in [-0.3, -0.25) is 0 Å². The quantitative estimate of drug-likeness (QED) is 0.619. The highest BCUT2D eigenvalue weighted by Crippen LogP contribution is 2.34. The first-order chi connectivity index (χ1) is 10.6. The third-order valence-corrected chi connectivity index (χ3v) is 4.87. The molecule has 1 aromatic rings. The van der Waals surface area contributed by atoms with Crippen LogP contribution in [0.2, 0.25) is 0 Å². The highest BCUT2D eigenvalue weighted by atomic mass is 28.3. The van der Waals surface area contributed by atoms with Crippen molar-refractivity contribution in [3.8, 4) is 11.5 Å². The van der Waals surface area contributed by atoms with Crippen molar-refractivity contribution in [2.45, 2.75) is 34.6 Å². The fourth-order valence-corrected chi connectivity index (χ4v) is 3.84. The van der Waals surface area contributed by atoms with Gasteiger partial charge in [-0.1, -0.05) is 12.6 Å². The van der Waals surface area contributed by atoms with Crippen LogP contribution in [-0.2, 0) is 8.85 Å². The summed E-state index contributed by atoms with van der Waals surface area (Å²) >= 11 is 0. The van der Waals surface area contributed by atoms with Gasteiger partial charge in [0.1, 0.15) is 0 Å². The van der Waals surface area contributed by atoms with E-state index in [-0.39, 0.29) is 0 Å². The van der Waals surface area contributed by atoms with E-state index in [0.29, 0.717) is 26.4 Å². The van der Waals surface area contributed by atoms with Crippen LogP contribution in [-0.4, -0.2) is 35.7 Å². The SMILES string of the molecule is C=C(C)c1c([Si](OCC)OCC)ccc(OCC)c1OCC. The zero-order valence-corrected chi connectivity index (χ0v) is 15.3. The summed E-state index contributed by atoms with van der Waals surface area (Å²) in [7, 11) is -1.57. The lowest BCUT2D eigenvalue weighted by molar-refractivity contribution is 0.225. The summed E-state index contributed by atoms with van der Waals surface area (Å²) in [5.74, 6) is 1.47. The van der Waals surface area contributed by atoms with E-state index in [1.807, 2.05) is 46.8 Å². The first kappa shape index (κ1) is 18.7. The molecule has 0 aromatic heterocycles. The van der Waals surface area contributed by atoms with Crippen LogP contribution < -0.4 is 14.7 Å². The van der Waals surface area contributed by atoms with Crippen molar-refractivity contribution in [1.29, 1.82) is 0 Å². The van der Waals surface area contributed by atoms with Crippen molar-refractivity contribution in [2.75, 3.05) is 26.4 Å². The smallest absolute Gasteiger partial charge is 0.424 e. The van der Waals surface area contributed by atoms with Crippen LogP contribution in [0.15, 0.2) is 18.7 Å². The van der Waals surface area contributed by atoms with E-state index in [1.54, 1.807) is 0 Å². The fourth-order valence-electron chi connectivity index (χ4n) is 2.17. The van der Waals surface area contributed by atoms with Crippen LogP contribution >= 0.6 is 0 Å². The summed E-state index contributed by atoms with van der Waals surface area (Å²) in [4.78, 5) is 0. The maximum atomic E-state index is 5.85. The molecule has 0 unspecified atom stereocenters. The van der Waals surface area contributed by atoms with Gasteiger partial charge in [-0.25, -0.2) is 0 Å². The molecule has 0 amide bonds. The lowest BCUT2D eigenvalue weighted by atomic mass is 10.1. The zero-order valence-electron chi connectivity index (χ0n) is 14.3. The van der Waals surface area contributed by atoms with E-state index in [2.05, 4.69) is 6.58 Å². The molecule has 0 heterocycles. The molecule has 0 bridgehead atoms. The Kier molecular flexibility index (Phi) is 8.23. The molecular formula is C17H27O4Si. The maximum absolute atomic E-state index is 5.85. The number of hydrogen-bond acceptors (Lipinski definition) is 4. The molecule has 4 nitrogen and oxygen atoms in total. The van der Waals surface area contributed by atoms with Gasteiger partial charge in [0.2, 0.25) is 0 Å². The first-order valence-electron chi connectivity index (χ1n) is 7.81. The number of hydrogen-bond donors (Lipinski definition) is 0. The number of rotatable bonds is 10. The molecule has 0 saturated carbocycles. The molecule has 1 aromatic carbocycles. The van der Waals surface area contributed by atoms with Crippen molar-refractivity contribution >= 4 is 20.0 Å². The highest BCUT2D eigenvalue weighted by molar-refractivity contribution is 6.62. The van der Waals surface area contributed by atoms with Crippen molar-refractivity contribution in [1.82, 2.24) is 0 Å². The number of allylic oxidation sites excluding steroid dienone is 1. The van der Waals surface area contributed by atoms with Gasteiger partial charge in [-0.2, -0.15) is 0 Å². The molecule has 0 aliphatic rings. The molecule has 1 rings (SSSR count). The molecule has 5 heteroatoms. The Labute approximate surface area is 135 Å². The van der Waals surface area contributed by atoms with E-state index >= 15 is 0 Å². The Morgan fingerprint density at radius 1 is 0.955 bits per heavy atom. The fraction of sp³-hybridized carbons (Fsp3) is 0.529. The highest BCUT2D eigenvalue weighted by Gasteiger charge is 2.26. The molecule has 0 spiro atoms. The Bertz CT molecular complexity index is 482. The van der Waals surface area contributed by atoms with E-state index in [1.165, 1.54) is 0 Å². The molecular weight excluding hydrogens is 296 g/mol. The number of ether oxygens (including phenoxy) is 2. The van der Waals surface area contributed by atoms with E-state index in [4.69, 9.17) is 18.3 Å². The van der Waals surface area contributed by atoms with Crippen molar-refractivity contribution in [3.63, 3.8) is 0 Å². The second-order valence-corrected chi connectivity index (χ2v) is 6.31. The third kappa shape index (κ3) is 4.60. The Morgan fingerprint density at radius 3 is 2.00 bits per heavy atom. The predicted octanol–water partition coefficient (Wildman–Crippen LogP) is 3.29. The third-order valence-electron chi connectivity index (χ3n) is 2.91. The second kappa shape index (κ2) is 9.66. The molecule has 0 aliphatic carbocycles. The minimum Gasteiger partial charge on any atom is -0.490 e. The van der Waals surface area contributed by atoms with Gasteiger partial charge in [-0.15, -0.1) is 0 Å². The van der Waals surface area contributed by atoms with Crippen LogP contribution in [0.5, 0.6) is 11.5 Å². The average molecular weight is 323 g/mol.